The van der Waals surface area contributed by atoms with Crippen molar-refractivity contribution in [1.29, 1.82) is 0 Å². The Balaban J connectivity index is 1.59. The number of benzene rings is 3. The van der Waals surface area contributed by atoms with Gasteiger partial charge in [-0.1, -0.05) is 54.6 Å². The summed E-state index contributed by atoms with van der Waals surface area (Å²) in [4.78, 5) is 13.8. The van der Waals surface area contributed by atoms with E-state index >= 15 is 0 Å². The van der Waals surface area contributed by atoms with Gasteiger partial charge in [0.1, 0.15) is 12.4 Å². The number of ether oxygens (including phenoxy) is 1. The quantitative estimate of drug-likeness (QED) is 0.431. The zero-order chi connectivity index (χ0) is 22.6. The zero-order valence-corrected chi connectivity index (χ0v) is 18.0. The van der Waals surface area contributed by atoms with Gasteiger partial charge in [-0.2, -0.15) is 0 Å². The maximum atomic E-state index is 13.8. The molecule has 3 aromatic carbocycles. The Morgan fingerprint density at radius 1 is 0.970 bits per heavy atom. The molecule has 1 unspecified atom stereocenters. The lowest BCUT2D eigenvalue weighted by Crippen LogP contribution is -2.43. The summed E-state index contributed by atoms with van der Waals surface area (Å²) >= 11 is 0. The fourth-order valence-electron chi connectivity index (χ4n) is 4.74. The van der Waals surface area contributed by atoms with Crippen LogP contribution >= 0.6 is 0 Å². The van der Waals surface area contributed by atoms with Gasteiger partial charge in [-0.3, -0.25) is 4.79 Å². The highest BCUT2D eigenvalue weighted by atomic mass is 16.5. The smallest absolute Gasteiger partial charge is 0.201 e. The molecule has 6 rings (SSSR count). The van der Waals surface area contributed by atoms with E-state index in [0.717, 1.165) is 36.0 Å². The van der Waals surface area contributed by atoms with Gasteiger partial charge < -0.3 is 25.3 Å². The van der Waals surface area contributed by atoms with Gasteiger partial charge in [0.05, 0.1) is 16.6 Å². The Labute approximate surface area is 190 Å². The van der Waals surface area contributed by atoms with Crippen molar-refractivity contribution in [3.63, 3.8) is 0 Å². The average Bonchev–Trinajstić information content (AvgIpc) is 2.82. The van der Waals surface area contributed by atoms with Crippen LogP contribution in [0.4, 0.5) is 5.69 Å². The molecule has 0 radical (unpaired) electrons. The first-order chi connectivity index (χ1) is 16.0. The van der Waals surface area contributed by atoms with E-state index in [9.17, 15) is 9.90 Å². The minimum atomic E-state index is -0.811. The summed E-state index contributed by atoms with van der Waals surface area (Å²) in [5.41, 5.74) is 10.2. The summed E-state index contributed by atoms with van der Waals surface area (Å²) in [6.45, 7) is 0.0700. The molecule has 1 atom stereocenters. The number of aliphatic hydroxyl groups is 1. The molecule has 6 nitrogen and oxygen atoms in total. The number of fused-ring (bicyclic) bond motifs is 3. The Hall–Kier alpha value is -3.61. The lowest BCUT2D eigenvalue weighted by atomic mass is 9.72. The Morgan fingerprint density at radius 2 is 1.73 bits per heavy atom. The molecule has 1 aliphatic heterocycles. The normalized spacial score (nSPS) is 18.7. The second-order valence-electron chi connectivity index (χ2n) is 8.88. The molecule has 6 heteroatoms. The second kappa shape index (κ2) is 7.47. The van der Waals surface area contributed by atoms with E-state index in [-0.39, 0.29) is 17.6 Å². The van der Waals surface area contributed by atoms with Gasteiger partial charge in [0.25, 0.3) is 0 Å². The molecule has 33 heavy (non-hydrogen) atoms. The van der Waals surface area contributed by atoms with Gasteiger partial charge in [-0.05, 0) is 42.5 Å². The maximum Gasteiger partial charge on any atom is 0.201 e. The van der Waals surface area contributed by atoms with E-state index in [0.29, 0.717) is 33.7 Å². The van der Waals surface area contributed by atoms with Crippen LogP contribution in [0.3, 0.4) is 0 Å². The van der Waals surface area contributed by atoms with Crippen molar-refractivity contribution < 1.29 is 14.3 Å². The van der Waals surface area contributed by atoms with Gasteiger partial charge in [0, 0.05) is 11.1 Å². The highest BCUT2D eigenvalue weighted by Crippen LogP contribution is 2.42. The summed E-state index contributed by atoms with van der Waals surface area (Å²) in [7, 11) is 0. The first-order valence-electron chi connectivity index (χ1n) is 11.2. The topological polar surface area (TPSA) is 97.7 Å². The van der Waals surface area contributed by atoms with Crippen LogP contribution in [0.25, 0.3) is 33.4 Å². The summed E-state index contributed by atoms with van der Waals surface area (Å²) in [5.74, 6) is 0.916. The minimum Gasteiger partial charge on any atom is -0.483 e. The molecule has 0 spiro atoms. The molecule has 1 aliphatic carbocycles. The third-order valence-corrected chi connectivity index (χ3v) is 6.75. The van der Waals surface area contributed by atoms with Crippen molar-refractivity contribution >= 4 is 16.7 Å². The van der Waals surface area contributed by atoms with Gasteiger partial charge in [-0.15, -0.1) is 0 Å². The molecule has 0 saturated heterocycles. The van der Waals surface area contributed by atoms with E-state index < -0.39 is 6.23 Å². The summed E-state index contributed by atoms with van der Waals surface area (Å²) in [5, 5.41) is 13.3. The zero-order valence-electron chi connectivity index (χ0n) is 18.0. The predicted molar refractivity (Wildman–Crippen MR) is 128 cm³/mol. The molecule has 4 aromatic rings. The molecule has 166 valence electrons. The maximum absolute atomic E-state index is 13.8. The number of hydrogen-bond donors (Lipinski definition) is 3. The van der Waals surface area contributed by atoms with Crippen molar-refractivity contribution in [3.8, 4) is 28.2 Å². The lowest BCUT2D eigenvalue weighted by molar-refractivity contribution is 0.120. The molecule has 1 aromatic heterocycles. The highest BCUT2D eigenvalue weighted by molar-refractivity contribution is 5.95. The third-order valence-electron chi connectivity index (χ3n) is 6.75. The predicted octanol–water partition coefficient (Wildman–Crippen LogP) is 4.59. The Kier molecular flexibility index (Phi) is 4.54. The summed E-state index contributed by atoms with van der Waals surface area (Å²) in [6, 6.07) is 21.0. The molecule has 4 N–H and O–H groups in total. The van der Waals surface area contributed by atoms with Crippen molar-refractivity contribution in [2.45, 2.75) is 31.0 Å². The fourth-order valence-corrected chi connectivity index (χ4v) is 4.74. The standard InChI is InChI=1S/C27H24N2O4/c28-27(13-4-14-27)18-9-7-16(8-10-18)22-23(31)19-11-12-20-26(32-15-21(30)29-20)25(19)33-24(22)17-5-2-1-3-6-17/h1-3,5-12,21,29-30H,4,13-15,28H2. The molecule has 1 fully saturated rings. The molecule has 0 bridgehead atoms. The van der Waals surface area contributed by atoms with Crippen LogP contribution in [0.2, 0.25) is 0 Å². The first-order valence-corrected chi connectivity index (χ1v) is 11.2. The van der Waals surface area contributed by atoms with Crippen LogP contribution < -0.4 is 21.2 Å². The van der Waals surface area contributed by atoms with Crippen molar-refractivity contribution in [2.75, 3.05) is 11.9 Å². The van der Waals surface area contributed by atoms with Crippen LogP contribution in [0, 0.1) is 0 Å². The number of aliphatic hydroxyl groups excluding tert-OH is 1. The van der Waals surface area contributed by atoms with Gasteiger partial charge in [0.15, 0.2) is 17.6 Å². The SMILES string of the molecule is NC1(c2ccc(-c3c(-c4ccccc4)oc4c5c(ccc4c3=O)NC(O)CO5)cc2)CCC1. The largest absolute Gasteiger partial charge is 0.483 e. The van der Waals surface area contributed by atoms with Crippen LogP contribution in [0.15, 0.2) is 75.9 Å². The van der Waals surface area contributed by atoms with Crippen LogP contribution in [0.1, 0.15) is 24.8 Å². The van der Waals surface area contributed by atoms with Crippen molar-refractivity contribution in [2.24, 2.45) is 5.73 Å². The van der Waals surface area contributed by atoms with E-state index in [1.54, 1.807) is 12.1 Å². The number of hydrogen-bond acceptors (Lipinski definition) is 6. The first kappa shape index (κ1) is 20.0. The van der Waals surface area contributed by atoms with E-state index in [2.05, 4.69) is 5.32 Å². The highest BCUT2D eigenvalue weighted by Gasteiger charge is 2.34. The minimum absolute atomic E-state index is 0.0700. The number of nitrogens with two attached hydrogens (primary N) is 1. The molecule has 0 amide bonds. The van der Waals surface area contributed by atoms with Gasteiger partial charge in [0.2, 0.25) is 5.43 Å². The third kappa shape index (κ3) is 3.22. The Morgan fingerprint density at radius 3 is 2.42 bits per heavy atom. The lowest BCUT2D eigenvalue weighted by Gasteiger charge is -2.38. The molecular weight excluding hydrogens is 416 g/mol. The van der Waals surface area contributed by atoms with Crippen molar-refractivity contribution in [1.82, 2.24) is 0 Å². The monoisotopic (exact) mass is 440 g/mol. The van der Waals surface area contributed by atoms with Crippen LogP contribution in [-0.2, 0) is 5.54 Å². The second-order valence-corrected chi connectivity index (χ2v) is 8.88. The van der Waals surface area contributed by atoms with Crippen LogP contribution in [-0.4, -0.2) is 17.9 Å². The van der Waals surface area contributed by atoms with Crippen LogP contribution in [0.5, 0.6) is 5.75 Å². The van der Waals surface area contributed by atoms with E-state index in [1.165, 1.54) is 0 Å². The van der Waals surface area contributed by atoms with E-state index in [1.807, 2.05) is 54.6 Å². The Bertz CT molecular complexity index is 1410. The van der Waals surface area contributed by atoms with E-state index in [4.69, 9.17) is 14.9 Å². The molecule has 1 saturated carbocycles. The van der Waals surface area contributed by atoms with Crippen molar-refractivity contribution in [3.05, 3.63) is 82.5 Å². The van der Waals surface area contributed by atoms with Gasteiger partial charge >= 0.3 is 0 Å². The number of anilines is 1. The fraction of sp³-hybridized carbons (Fsp3) is 0.222. The average molecular weight is 440 g/mol. The summed E-state index contributed by atoms with van der Waals surface area (Å²) in [6.07, 6.45) is 2.29. The molecule has 2 aliphatic rings. The summed E-state index contributed by atoms with van der Waals surface area (Å²) < 4.78 is 12.2. The number of rotatable bonds is 3. The molecule has 2 heterocycles. The van der Waals surface area contributed by atoms with Gasteiger partial charge in [-0.25, -0.2) is 0 Å². The molecular formula is C27H24N2O4. The number of nitrogens with one attached hydrogen (secondary N) is 1.